The highest BCUT2D eigenvalue weighted by molar-refractivity contribution is 8.07. The van der Waals surface area contributed by atoms with Gasteiger partial charge in [-0.2, -0.15) is 11.8 Å². The Morgan fingerprint density at radius 2 is 1.87 bits per heavy atom. The van der Waals surface area contributed by atoms with Crippen molar-refractivity contribution in [2.45, 2.75) is 51.0 Å². The molecular weight excluding hydrogens is 224 g/mol. The fourth-order valence-electron chi connectivity index (χ4n) is 1.63. The Morgan fingerprint density at radius 3 is 2.40 bits per heavy atom. The van der Waals surface area contributed by atoms with E-state index in [9.17, 15) is 4.79 Å². The predicted octanol–water partition coefficient (Wildman–Crippen LogP) is 3.62. The Labute approximate surface area is 102 Å². The van der Waals surface area contributed by atoms with E-state index in [1.807, 2.05) is 23.5 Å². The minimum Gasteiger partial charge on any atom is -0.298 e. The van der Waals surface area contributed by atoms with Gasteiger partial charge in [0, 0.05) is 23.2 Å². The van der Waals surface area contributed by atoms with Crippen LogP contribution in [0.3, 0.4) is 0 Å². The molecule has 0 amide bonds. The first-order valence-electron chi connectivity index (χ1n) is 5.66. The second kappa shape index (κ2) is 5.62. The summed E-state index contributed by atoms with van der Waals surface area (Å²) in [5.74, 6) is 2.81. The van der Waals surface area contributed by atoms with Crippen molar-refractivity contribution in [3.8, 4) is 0 Å². The molecule has 0 aliphatic carbocycles. The molecule has 0 N–H and O–H groups in total. The van der Waals surface area contributed by atoms with Crippen LogP contribution in [0, 0.1) is 5.41 Å². The lowest BCUT2D eigenvalue weighted by Gasteiger charge is -2.27. The second-order valence-electron chi connectivity index (χ2n) is 5.39. The summed E-state index contributed by atoms with van der Waals surface area (Å²) in [5.41, 5.74) is 0.283. The number of hydrogen-bond donors (Lipinski definition) is 0. The van der Waals surface area contributed by atoms with Crippen LogP contribution in [-0.2, 0) is 4.79 Å². The third-order valence-electron chi connectivity index (χ3n) is 2.63. The first kappa shape index (κ1) is 13.4. The molecule has 0 radical (unpaired) electrons. The van der Waals surface area contributed by atoms with Gasteiger partial charge in [-0.1, -0.05) is 27.7 Å². The summed E-state index contributed by atoms with van der Waals surface area (Å²) in [4.78, 5) is 12.0. The van der Waals surface area contributed by atoms with E-state index >= 15 is 0 Å². The lowest BCUT2D eigenvalue weighted by Crippen LogP contribution is -2.31. The Hall–Kier alpha value is 0.370. The van der Waals surface area contributed by atoms with Gasteiger partial charge in [-0.3, -0.25) is 4.79 Å². The third-order valence-corrected chi connectivity index (χ3v) is 5.77. The minimum absolute atomic E-state index is 0.256. The van der Waals surface area contributed by atoms with Gasteiger partial charge in [-0.15, -0.1) is 11.8 Å². The van der Waals surface area contributed by atoms with E-state index in [1.165, 1.54) is 5.75 Å². The van der Waals surface area contributed by atoms with Gasteiger partial charge in [0.25, 0.3) is 0 Å². The molecule has 2 unspecified atom stereocenters. The first-order valence-corrected chi connectivity index (χ1v) is 7.76. The van der Waals surface area contributed by atoms with Gasteiger partial charge < -0.3 is 0 Å². The Kier molecular flexibility index (Phi) is 5.04. The predicted molar refractivity (Wildman–Crippen MR) is 71.9 cm³/mol. The highest BCUT2D eigenvalue weighted by Crippen LogP contribution is 2.33. The lowest BCUT2D eigenvalue weighted by molar-refractivity contribution is -0.119. The Bertz CT molecular complexity index is 220. The highest BCUT2D eigenvalue weighted by atomic mass is 32.2. The molecule has 1 heterocycles. The molecule has 0 spiro atoms. The standard InChI is InChI=1S/C12H22OS2/c1-9-11(15-8-7-14-9)10(13)5-6-12(2,3)4/h9,11H,5-8H2,1-4H3. The van der Waals surface area contributed by atoms with Crippen LogP contribution in [0.15, 0.2) is 0 Å². The molecule has 0 aromatic carbocycles. The van der Waals surface area contributed by atoms with Gasteiger partial charge in [0.15, 0.2) is 0 Å². The molecule has 1 nitrogen and oxygen atoms in total. The maximum atomic E-state index is 12.0. The van der Waals surface area contributed by atoms with E-state index in [1.54, 1.807) is 0 Å². The summed E-state index contributed by atoms with van der Waals surface area (Å²) < 4.78 is 0. The van der Waals surface area contributed by atoms with Crippen LogP contribution in [0.2, 0.25) is 0 Å². The van der Waals surface area contributed by atoms with Crippen LogP contribution in [0.4, 0.5) is 0 Å². The largest absolute Gasteiger partial charge is 0.298 e. The molecule has 1 saturated heterocycles. The minimum atomic E-state index is 0.256. The molecule has 88 valence electrons. The van der Waals surface area contributed by atoms with Crippen molar-refractivity contribution in [2.75, 3.05) is 11.5 Å². The van der Waals surface area contributed by atoms with Crippen molar-refractivity contribution in [1.82, 2.24) is 0 Å². The maximum Gasteiger partial charge on any atom is 0.146 e. The topological polar surface area (TPSA) is 17.1 Å². The van der Waals surface area contributed by atoms with Crippen molar-refractivity contribution in [3.63, 3.8) is 0 Å². The normalized spacial score (nSPS) is 27.7. The lowest BCUT2D eigenvalue weighted by atomic mass is 9.89. The number of hydrogen-bond acceptors (Lipinski definition) is 3. The monoisotopic (exact) mass is 246 g/mol. The number of carbonyl (C=O) groups excluding carboxylic acids is 1. The molecule has 0 bridgehead atoms. The van der Waals surface area contributed by atoms with E-state index in [0.29, 0.717) is 11.0 Å². The molecule has 0 aromatic heterocycles. The van der Waals surface area contributed by atoms with Crippen molar-refractivity contribution >= 4 is 29.3 Å². The fraction of sp³-hybridized carbons (Fsp3) is 0.917. The van der Waals surface area contributed by atoms with E-state index in [4.69, 9.17) is 0 Å². The summed E-state index contributed by atoms with van der Waals surface area (Å²) >= 11 is 3.81. The summed E-state index contributed by atoms with van der Waals surface area (Å²) in [6.07, 6.45) is 1.77. The number of carbonyl (C=O) groups is 1. The van der Waals surface area contributed by atoms with Crippen LogP contribution in [0.1, 0.15) is 40.5 Å². The maximum absolute atomic E-state index is 12.0. The number of rotatable bonds is 3. The number of ketones is 1. The SMILES string of the molecule is CC1SCCSC1C(=O)CCC(C)(C)C. The summed E-state index contributed by atoms with van der Waals surface area (Å²) in [7, 11) is 0. The zero-order valence-electron chi connectivity index (χ0n) is 10.2. The first-order chi connectivity index (χ1) is 6.90. The average Bonchev–Trinajstić information content (AvgIpc) is 2.14. The van der Waals surface area contributed by atoms with Gasteiger partial charge in [0.1, 0.15) is 5.78 Å². The highest BCUT2D eigenvalue weighted by Gasteiger charge is 2.29. The molecule has 1 aliphatic heterocycles. The van der Waals surface area contributed by atoms with Crippen LogP contribution in [0.5, 0.6) is 0 Å². The molecule has 3 heteroatoms. The quantitative estimate of drug-likeness (QED) is 0.757. The zero-order valence-corrected chi connectivity index (χ0v) is 11.8. The van der Waals surface area contributed by atoms with E-state index < -0.39 is 0 Å². The molecule has 2 atom stereocenters. The Morgan fingerprint density at radius 1 is 1.27 bits per heavy atom. The molecule has 0 saturated carbocycles. The van der Waals surface area contributed by atoms with Crippen molar-refractivity contribution < 1.29 is 4.79 Å². The summed E-state index contributed by atoms with van der Waals surface area (Å²) in [6.45, 7) is 8.79. The van der Waals surface area contributed by atoms with Gasteiger partial charge >= 0.3 is 0 Å². The summed E-state index contributed by atoms with van der Waals surface area (Å²) in [6, 6.07) is 0. The van der Waals surface area contributed by atoms with Crippen molar-refractivity contribution in [3.05, 3.63) is 0 Å². The van der Waals surface area contributed by atoms with Gasteiger partial charge in [-0.25, -0.2) is 0 Å². The molecule has 1 fully saturated rings. The number of thioether (sulfide) groups is 2. The second-order valence-corrected chi connectivity index (χ2v) is 8.13. The van der Waals surface area contributed by atoms with E-state index in [-0.39, 0.29) is 10.7 Å². The average molecular weight is 246 g/mol. The van der Waals surface area contributed by atoms with Gasteiger partial charge in [-0.05, 0) is 11.8 Å². The van der Waals surface area contributed by atoms with Gasteiger partial charge in [0.2, 0.25) is 0 Å². The van der Waals surface area contributed by atoms with E-state index in [0.717, 1.165) is 18.6 Å². The van der Waals surface area contributed by atoms with Crippen molar-refractivity contribution in [1.29, 1.82) is 0 Å². The Balaban J connectivity index is 2.39. The zero-order chi connectivity index (χ0) is 11.5. The van der Waals surface area contributed by atoms with Crippen LogP contribution in [0.25, 0.3) is 0 Å². The molecule has 0 aromatic rings. The van der Waals surface area contributed by atoms with Crippen LogP contribution < -0.4 is 0 Å². The number of Topliss-reactive ketones (excluding diaryl/α,β-unsaturated/α-hetero) is 1. The van der Waals surface area contributed by atoms with Crippen LogP contribution in [-0.4, -0.2) is 27.8 Å². The molecule has 15 heavy (non-hydrogen) atoms. The summed E-state index contributed by atoms with van der Waals surface area (Å²) in [5, 5.41) is 0.766. The fourth-order valence-corrected chi connectivity index (χ4v) is 4.40. The molecule has 1 aliphatic rings. The van der Waals surface area contributed by atoms with E-state index in [2.05, 4.69) is 27.7 Å². The van der Waals surface area contributed by atoms with Gasteiger partial charge in [0.05, 0.1) is 5.25 Å². The third kappa shape index (κ3) is 4.81. The smallest absolute Gasteiger partial charge is 0.146 e. The molecular formula is C12H22OS2. The molecule has 1 rings (SSSR count). The van der Waals surface area contributed by atoms with Crippen LogP contribution >= 0.6 is 23.5 Å². The van der Waals surface area contributed by atoms with Crippen molar-refractivity contribution in [2.24, 2.45) is 5.41 Å².